The molecule has 1 aromatic rings. The van der Waals surface area contributed by atoms with Gasteiger partial charge in [-0.25, -0.2) is 0 Å². The minimum atomic E-state index is -0.662. The predicted octanol–water partition coefficient (Wildman–Crippen LogP) is 3.93. The molecule has 1 aliphatic rings. The maximum Gasteiger partial charge on any atom is 0.237 e. The number of amides is 1. The van der Waals surface area contributed by atoms with Gasteiger partial charge in [-0.3, -0.25) is 9.59 Å². The summed E-state index contributed by atoms with van der Waals surface area (Å²) in [5, 5.41) is 0. The highest BCUT2D eigenvalue weighted by atomic mass is 79.9. The zero-order valence-electron chi connectivity index (χ0n) is 11.5. The summed E-state index contributed by atoms with van der Waals surface area (Å²) in [5.74, 6) is -0.690. The number of piperidine rings is 1. The molecular weight excluding hydrogens is 386 g/mol. The molecule has 0 N–H and O–H groups in total. The van der Waals surface area contributed by atoms with Crippen LogP contribution in [0.15, 0.2) is 28.7 Å². The summed E-state index contributed by atoms with van der Waals surface area (Å²) in [6, 6.07) is 7.61. The van der Waals surface area contributed by atoms with Crippen molar-refractivity contribution < 1.29 is 9.59 Å². The lowest BCUT2D eigenvalue weighted by Gasteiger charge is -2.34. The van der Waals surface area contributed by atoms with Gasteiger partial charge < -0.3 is 4.90 Å². The third kappa shape index (κ3) is 3.14. The molecule has 2 rings (SSSR count). The van der Waals surface area contributed by atoms with Crippen LogP contribution in [0.25, 0.3) is 0 Å². The summed E-state index contributed by atoms with van der Waals surface area (Å²) in [4.78, 5) is 26.7. The molecule has 1 saturated heterocycles. The zero-order chi connectivity index (χ0) is 14.9. The molecule has 0 radical (unpaired) electrons. The van der Waals surface area contributed by atoms with Gasteiger partial charge in [0.05, 0.1) is 15.9 Å². The first-order valence-electron chi connectivity index (χ1n) is 6.61. The number of para-hydroxylation sites is 1. The van der Waals surface area contributed by atoms with Crippen LogP contribution in [0.1, 0.15) is 26.7 Å². The normalized spacial score (nSPS) is 20.1. The Morgan fingerprint density at radius 1 is 1.35 bits per heavy atom. The van der Waals surface area contributed by atoms with Crippen LogP contribution in [0, 0.1) is 5.92 Å². The van der Waals surface area contributed by atoms with Crippen molar-refractivity contribution in [1.29, 1.82) is 0 Å². The predicted molar refractivity (Wildman–Crippen MR) is 87.2 cm³/mol. The number of ketones is 1. The van der Waals surface area contributed by atoms with Crippen LogP contribution in [-0.2, 0) is 9.59 Å². The number of Topliss-reactive ketones (excluding diaryl/α,β-unsaturated/α-hetero) is 1. The Hall–Kier alpha value is -0.680. The van der Waals surface area contributed by atoms with E-state index in [1.165, 1.54) is 0 Å². The van der Waals surface area contributed by atoms with E-state index in [1.807, 2.05) is 24.3 Å². The largest absolute Gasteiger partial charge is 0.311 e. The number of hydrogen-bond acceptors (Lipinski definition) is 2. The zero-order valence-corrected chi connectivity index (χ0v) is 14.7. The second kappa shape index (κ2) is 5.98. The third-order valence-electron chi connectivity index (χ3n) is 3.48. The molecular formula is C15H17Br2NO2. The lowest BCUT2D eigenvalue weighted by atomic mass is 9.87. The van der Waals surface area contributed by atoms with Crippen molar-refractivity contribution in [2.75, 3.05) is 11.4 Å². The Balaban J connectivity index is 2.28. The SMILES string of the molecule is CC(C)(Br)C(=O)[C@H]1CCCN(c2ccccc2Br)C1=O. The summed E-state index contributed by atoms with van der Waals surface area (Å²) in [7, 11) is 0. The number of alkyl halides is 1. The molecule has 5 heteroatoms. The minimum absolute atomic E-state index is 0.0424. The molecule has 1 heterocycles. The van der Waals surface area contributed by atoms with Crippen molar-refractivity contribution in [1.82, 2.24) is 0 Å². The van der Waals surface area contributed by atoms with E-state index < -0.39 is 10.2 Å². The highest BCUT2D eigenvalue weighted by molar-refractivity contribution is 9.10. The van der Waals surface area contributed by atoms with E-state index in [0.717, 1.165) is 16.6 Å². The molecule has 1 fully saturated rings. The second-order valence-electron chi connectivity index (χ2n) is 5.47. The van der Waals surface area contributed by atoms with Crippen LogP contribution in [-0.4, -0.2) is 22.6 Å². The molecule has 0 spiro atoms. The van der Waals surface area contributed by atoms with E-state index in [2.05, 4.69) is 31.9 Å². The Kier molecular flexibility index (Phi) is 4.69. The molecule has 0 aliphatic carbocycles. The second-order valence-corrected chi connectivity index (χ2v) is 8.31. The van der Waals surface area contributed by atoms with Gasteiger partial charge in [-0.15, -0.1) is 0 Å². The van der Waals surface area contributed by atoms with Crippen molar-refractivity contribution in [3.05, 3.63) is 28.7 Å². The van der Waals surface area contributed by atoms with Gasteiger partial charge in [0.1, 0.15) is 0 Å². The van der Waals surface area contributed by atoms with Gasteiger partial charge >= 0.3 is 0 Å². The number of carbonyl (C=O) groups excluding carboxylic acids is 2. The van der Waals surface area contributed by atoms with E-state index in [-0.39, 0.29) is 11.7 Å². The minimum Gasteiger partial charge on any atom is -0.311 e. The van der Waals surface area contributed by atoms with Crippen molar-refractivity contribution >= 4 is 49.2 Å². The molecule has 20 heavy (non-hydrogen) atoms. The number of benzene rings is 1. The molecule has 0 aromatic heterocycles. The van der Waals surface area contributed by atoms with Crippen LogP contribution in [0.2, 0.25) is 0 Å². The smallest absolute Gasteiger partial charge is 0.237 e. The van der Waals surface area contributed by atoms with Gasteiger partial charge in [-0.2, -0.15) is 0 Å². The van der Waals surface area contributed by atoms with Gasteiger partial charge in [0, 0.05) is 11.0 Å². The summed E-state index contributed by atoms with van der Waals surface area (Å²) >= 11 is 6.84. The van der Waals surface area contributed by atoms with E-state index in [1.54, 1.807) is 18.7 Å². The average molecular weight is 403 g/mol. The molecule has 0 bridgehead atoms. The molecule has 1 atom stereocenters. The highest BCUT2D eigenvalue weighted by Crippen LogP contribution is 2.33. The van der Waals surface area contributed by atoms with Gasteiger partial charge in [-0.1, -0.05) is 28.1 Å². The van der Waals surface area contributed by atoms with Gasteiger partial charge in [0.15, 0.2) is 5.78 Å². The standard InChI is InChI=1S/C15H17Br2NO2/c1-15(2,17)13(19)10-6-5-9-18(14(10)20)12-8-4-3-7-11(12)16/h3-4,7-8,10H,5-6,9H2,1-2H3/t10-/m1/s1. The van der Waals surface area contributed by atoms with E-state index >= 15 is 0 Å². The van der Waals surface area contributed by atoms with Crippen LogP contribution >= 0.6 is 31.9 Å². The number of halogens is 2. The Labute approximate surface area is 136 Å². The lowest BCUT2D eigenvalue weighted by molar-refractivity contribution is -0.134. The number of carbonyl (C=O) groups is 2. The quantitative estimate of drug-likeness (QED) is 0.567. The molecule has 0 unspecified atom stereocenters. The molecule has 108 valence electrons. The number of nitrogens with zero attached hydrogens (tertiary/aromatic N) is 1. The van der Waals surface area contributed by atoms with Crippen LogP contribution < -0.4 is 4.90 Å². The molecule has 1 aromatic carbocycles. The molecule has 1 aliphatic heterocycles. The van der Waals surface area contributed by atoms with Crippen LogP contribution in [0.3, 0.4) is 0 Å². The number of hydrogen-bond donors (Lipinski definition) is 0. The summed E-state index contributed by atoms with van der Waals surface area (Å²) in [5.41, 5.74) is 0.836. The van der Waals surface area contributed by atoms with E-state index in [9.17, 15) is 9.59 Å². The van der Waals surface area contributed by atoms with Crippen LogP contribution in [0.4, 0.5) is 5.69 Å². The first kappa shape index (κ1) is 15.7. The molecule has 3 nitrogen and oxygen atoms in total. The third-order valence-corrected chi connectivity index (χ3v) is 4.55. The van der Waals surface area contributed by atoms with E-state index in [4.69, 9.17) is 0 Å². The van der Waals surface area contributed by atoms with Crippen LogP contribution in [0.5, 0.6) is 0 Å². The van der Waals surface area contributed by atoms with Crippen molar-refractivity contribution in [3.63, 3.8) is 0 Å². The van der Waals surface area contributed by atoms with Gasteiger partial charge in [-0.05, 0) is 54.8 Å². The van der Waals surface area contributed by atoms with Crippen molar-refractivity contribution in [2.45, 2.75) is 31.0 Å². The van der Waals surface area contributed by atoms with Crippen molar-refractivity contribution in [3.8, 4) is 0 Å². The summed E-state index contributed by atoms with van der Waals surface area (Å²) < 4.78 is 0.212. The number of anilines is 1. The fraction of sp³-hybridized carbons (Fsp3) is 0.467. The summed E-state index contributed by atoms with van der Waals surface area (Å²) in [6.45, 7) is 4.24. The Morgan fingerprint density at radius 3 is 2.60 bits per heavy atom. The molecule has 0 saturated carbocycles. The molecule has 1 amide bonds. The first-order chi connectivity index (χ1) is 9.32. The Bertz CT molecular complexity index is 537. The maximum atomic E-state index is 12.6. The lowest BCUT2D eigenvalue weighted by Crippen LogP contribution is -2.48. The fourth-order valence-electron chi connectivity index (χ4n) is 2.44. The van der Waals surface area contributed by atoms with E-state index in [0.29, 0.717) is 13.0 Å². The Morgan fingerprint density at radius 2 is 2.00 bits per heavy atom. The first-order valence-corrected chi connectivity index (χ1v) is 8.20. The average Bonchev–Trinajstić information content (AvgIpc) is 2.38. The monoisotopic (exact) mass is 401 g/mol. The summed E-state index contributed by atoms with van der Waals surface area (Å²) in [6.07, 6.45) is 1.47. The van der Waals surface area contributed by atoms with Gasteiger partial charge in [0.2, 0.25) is 5.91 Å². The van der Waals surface area contributed by atoms with Crippen molar-refractivity contribution in [2.24, 2.45) is 5.92 Å². The fourth-order valence-corrected chi connectivity index (χ4v) is 3.22. The topological polar surface area (TPSA) is 37.4 Å². The number of rotatable bonds is 3. The highest BCUT2D eigenvalue weighted by Gasteiger charge is 2.40. The van der Waals surface area contributed by atoms with Gasteiger partial charge in [0.25, 0.3) is 0 Å². The maximum absolute atomic E-state index is 12.6.